The molecule has 1 aromatic carbocycles. The number of alkyl halides is 1. The summed E-state index contributed by atoms with van der Waals surface area (Å²) in [6.07, 6.45) is 0. The van der Waals surface area contributed by atoms with E-state index in [1.807, 2.05) is 0 Å². The van der Waals surface area contributed by atoms with E-state index in [-0.39, 0.29) is 11.6 Å². The molecule has 17 heavy (non-hydrogen) atoms. The highest BCUT2D eigenvalue weighted by molar-refractivity contribution is 6.30. The van der Waals surface area contributed by atoms with E-state index >= 15 is 0 Å². The lowest BCUT2D eigenvalue weighted by Gasteiger charge is -2.13. The predicted octanol–water partition coefficient (Wildman–Crippen LogP) is 2.91. The number of carbonyl (C=O) groups is 1. The summed E-state index contributed by atoms with van der Waals surface area (Å²) in [6.45, 7) is 3.43. The van der Waals surface area contributed by atoms with Crippen molar-refractivity contribution in [2.24, 2.45) is 0 Å². The van der Waals surface area contributed by atoms with Crippen LogP contribution in [0.25, 0.3) is 0 Å². The Morgan fingerprint density at radius 3 is 2.12 bits per heavy atom. The average Bonchev–Trinajstić information content (AvgIpc) is 2.23. The quantitative estimate of drug-likeness (QED) is 0.661. The smallest absolute Gasteiger partial charge is 0.242 e. The van der Waals surface area contributed by atoms with E-state index in [1.165, 1.54) is 0 Å². The molecule has 0 heterocycles. The van der Waals surface area contributed by atoms with Crippen LogP contribution in [0.5, 0.6) is 0 Å². The third-order valence-electron chi connectivity index (χ3n) is 1.96. The molecule has 1 atom stereocenters. The van der Waals surface area contributed by atoms with Gasteiger partial charge in [0.15, 0.2) is 17.5 Å². The molecule has 1 unspecified atom stereocenters. The van der Waals surface area contributed by atoms with Crippen LogP contribution in [0.4, 0.5) is 13.2 Å². The molecule has 0 saturated heterocycles. The number of amides is 1. The summed E-state index contributed by atoms with van der Waals surface area (Å²) >= 11 is 5.73. The molecule has 2 nitrogen and oxygen atoms in total. The van der Waals surface area contributed by atoms with Gasteiger partial charge in [-0.1, -0.05) is 0 Å². The number of carbonyl (C=O) groups excluding carboxylic acids is 1. The topological polar surface area (TPSA) is 29.1 Å². The van der Waals surface area contributed by atoms with Gasteiger partial charge in [-0.15, -0.1) is 11.6 Å². The van der Waals surface area contributed by atoms with Crippen molar-refractivity contribution in [1.82, 2.24) is 5.32 Å². The van der Waals surface area contributed by atoms with Gasteiger partial charge < -0.3 is 5.32 Å². The first-order valence-corrected chi connectivity index (χ1v) is 5.35. The first-order valence-electron chi connectivity index (χ1n) is 4.91. The second kappa shape index (κ2) is 5.40. The first kappa shape index (κ1) is 13.8. The van der Waals surface area contributed by atoms with Crippen molar-refractivity contribution < 1.29 is 18.0 Å². The highest BCUT2D eigenvalue weighted by atomic mass is 35.5. The van der Waals surface area contributed by atoms with E-state index in [2.05, 4.69) is 5.32 Å². The van der Waals surface area contributed by atoms with Gasteiger partial charge >= 0.3 is 0 Å². The van der Waals surface area contributed by atoms with Crippen molar-refractivity contribution in [1.29, 1.82) is 0 Å². The summed E-state index contributed by atoms with van der Waals surface area (Å²) in [5.41, 5.74) is -0.124. The minimum atomic E-state index is -1.58. The fourth-order valence-electron chi connectivity index (χ4n) is 1.23. The van der Waals surface area contributed by atoms with Crippen LogP contribution < -0.4 is 5.32 Å². The fraction of sp³-hybridized carbons (Fsp3) is 0.364. The summed E-state index contributed by atoms with van der Waals surface area (Å²) in [7, 11) is 0. The lowest BCUT2D eigenvalue weighted by molar-refractivity contribution is -0.121. The summed E-state index contributed by atoms with van der Waals surface area (Å²) in [6, 6.07) is 1.25. The maximum absolute atomic E-state index is 12.9. The molecule has 94 valence electrons. The summed E-state index contributed by atoms with van der Waals surface area (Å²) in [4.78, 5) is 11.5. The molecule has 0 fully saturated rings. The Labute approximate surface area is 102 Å². The lowest BCUT2D eigenvalue weighted by Crippen LogP contribution is -2.32. The maximum Gasteiger partial charge on any atom is 0.242 e. The van der Waals surface area contributed by atoms with E-state index in [1.54, 1.807) is 13.8 Å². The van der Waals surface area contributed by atoms with Gasteiger partial charge in [-0.25, -0.2) is 13.2 Å². The molecule has 0 bridgehead atoms. The van der Waals surface area contributed by atoms with Crippen LogP contribution in [0.1, 0.15) is 24.8 Å². The van der Waals surface area contributed by atoms with Crippen molar-refractivity contribution in [3.63, 3.8) is 0 Å². The van der Waals surface area contributed by atoms with Crippen LogP contribution in [0.2, 0.25) is 0 Å². The standard InChI is InChI=1S/C11H11ClF3NO/c1-5(2)16-11(17)9(12)6-3-7(13)10(15)8(14)4-6/h3-5,9H,1-2H3,(H,16,17). The number of hydrogen-bond acceptors (Lipinski definition) is 1. The van der Waals surface area contributed by atoms with Gasteiger partial charge in [-0.2, -0.15) is 0 Å². The average molecular weight is 266 g/mol. The van der Waals surface area contributed by atoms with Gasteiger partial charge in [0.05, 0.1) is 0 Å². The third kappa shape index (κ3) is 3.36. The van der Waals surface area contributed by atoms with Gasteiger partial charge in [0, 0.05) is 6.04 Å². The van der Waals surface area contributed by atoms with E-state index in [0.29, 0.717) is 12.1 Å². The van der Waals surface area contributed by atoms with E-state index in [9.17, 15) is 18.0 Å². The Kier molecular flexibility index (Phi) is 4.40. The number of rotatable bonds is 3. The van der Waals surface area contributed by atoms with Gasteiger partial charge in [-0.3, -0.25) is 4.79 Å². The Balaban J connectivity index is 2.97. The van der Waals surface area contributed by atoms with Crippen LogP contribution in [-0.2, 0) is 4.79 Å². The molecule has 0 aromatic heterocycles. The van der Waals surface area contributed by atoms with Gasteiger partial charge in [-0.05, 0) is 31.5 Å². The van der Waals surface area contributed by atoms with Crippen molar-refractivity contribution in [3.8, 4) is 0 Å². The molecule has 6 heteroatoms. The molecular formula is C11H11ClF3NO. The van der Waals surface area contributed by atoms with Crippen LogP contribution in [0.15, 0.2) is 12.1 Å². The fourth-order valence-corrected chi connectivity index (χ4v) is 1.42. The molecule has 1 rings (SSSR count). The number of halogens is 4. The Bertz CT molecular complexity index is 414. The summed E-state index contributed by atoms with van der Waals surface area (Å²) in [5, 5.41) is 1.22. The van der Waals surface area contributed by atoms with Crippen LogP contribution in [0.3, 0.4) is 0 Å². The van der Waals surface area contributed by atoms with Gasteiger partial charge in [0.2, 0.25) is 5.91 Å². The van der Waals surface area contributed by atoms with E-state index < -0.39 is 28.7 Å². The number of benzene rings is 1. The molecule has 1 amide bonds. The third-order valence-corrected chi connectivity index (χ3v) is 2.41. The minimum Gasteiger partial charge on any atom is -0.352 e. The zero-order chi connectivity index (χ0) is 13.2. The largest absolute Gasteiger partial charge is 0.352 e. The van der Waals surface area contributed by atoms with Crippen molar-refractivity contribution in [3.05, 3.63) is 35.1 Å². The lowest BCUT2D eigenvalue weighted by atomic mass is 10.1. The van der Waals surface area contributed by atoms with Crippen LogP contribution in [0, 0.1) is 17.5 Å². The first-order chi connectivity index (χ1) is 7.82. The monoisotopic (exact) mass is 265 g/mol. The van der Waals surface area contributed by atoms with Crippen LogP contribution in [-0.4, -0.2) is 11.9 Å². The summed E-state index contributed by atoms with van der Waals surface area (Å²) in [5.74, 6) is -4.92. The highest BCUT2D eigenvalue weighted by Gasteiger charge is 2.21. The van der Waals surface area contributed by atoms with Gasteiger partial charge in [0.25, 0.3) is 0 Å². The predicted molar refractivity (Wildman–Crippen MR) is 58.2 cm³/mol. The van der Waals surface area contributed by atoms with Crippen molar-refractivity contribution >= 4 is 17.5 Å². The normalized spacial score (nSPS) is 12.6. The zero-order valence-electron chi connectivity index (χ0n) is 9.23. The van der Waals surface area contributed by atoms with Gasteiger partial charge in [0.1, 0.15) is 5.38 Å². The maximum atomic E-state index is 12.9. The number of hydrogen-bond donors (Lipinski definition) is 1. The Morgan fingerprint density at radius 1 is 1.24 bits per heavy atom. The molecular weight excluding hydrogens is 255 g/mol. The minimum absolute atomic E-state index is 0.124. The summed E-state index contributed by atoms with van der Waals surface area (Å²) < 4.78 is 38.5. The SMILES string of the molecule is CC(C)NC(=O)C(Cl)c1cc(F)c(F)c(F)c1. The van der Waals surface area contributed by atoms with Crippen molar-refractivity contribution in [2.75, 3.05) is 0 Å². The molecule has 1 aromatic rings. The molecule has 0 saturated carbocycles. The molecule has 0 spiro atoms. The molecule has 0 aliphatic heterocycles. The Hall–Kier alpha value is -1.23. The Morgan fingerprint density at radius 2 is 1.71 bits per heavy atom. The molecule has 0 aliphatic rings. The molecule has 1 N–H and O–H groups in total. The molecule has 0 aliphatic carbocycles. The van der Waals surface area contributed by atoms with Crippen molar-refractivity contribution in [2.45, 2.75) is 25.3 Å². The van der Waals surface area contributed by atoms with Crippen LogP contribution >= 0.6 is 11.6 Å². The second-order valence-corrected chi connectivity index (χ2v) is 4.26. The van der Waals surface area contributed by atoms with E-state index in [0.717, 1.165) is 0 Å². The molecule has 0 radical (unpaired) electrons. The highest BCUT2D eigenvalue weighted by Crippen LogP contribution is 2.24. The second-order valence-electron chi connectivity index (χ2n) is 3.82. The number of nitrogens with one attached hydrogen (secondary N) is 1. The zero-order valence-corrected chi connectivity index (χ0v) is 9.99. The van der Waals surface area contributed by atoms with E-state index in [4.69, 9.17) is 11.6 Å².